The number of hydrogen-bond donors (Lipinski definition) is 0. The van der Waals surface area contributed by atoms with Crippen LogP contribution in [0, 0.1) is 0 Å². The Bertz CT molecular complexity index is 415. The van der Waals surface area contributed by atoms with Crippen molar-refractivity contribution in [3.05, 3.63) is 48.3 Å². The summed E-state index contributed by atoms with van der Waals surface area (Å²) in [7, 11) is 0. The molecule has 1 aromatic heterocycles. The van der Waals surface area contributed by atoms with Gasteiger partial charge in [-0.2, -0.15) is 10.2 Å². The third-order valence-electron chi connectivity index (χ3n) is 2.01. The highest BCUT2D eigenvalue weighted by Gasteiger charge is 2.04. The Morgan fingerprint density at radius 1 is 1.07 bits per heavy atom. The molecule has 0 fully saturated rings. The summed E-state index contributed by atoms with van der Waals surface area (Å²) in [5.41, 5.74) is 2.99. The van der Waals surface area contributed by atoms with Crippen LogP contribution in [0.2, 0.25) is 0 Å². The van der Waals surface area contributed by atoms with E-state index in [1.165, 1.54) is 0 Å². The van der Waals surface area contributed by atoms with Crippen molar-refractivity contribution in [2.24, 2.45) is 0 Å². The minimum Gasteiger partial charge on any atom is -0.159 e. The van der Waals surface area contributed by atoms with E-state index in [2.05, 4.69) is 10.2 Å². The molecular formula is C11H9ClN2. The van der Waals surface area contributed by atoms with Gasteiger partial charge in [0.15, 0.2) is 0 Å². The molecular weight excluding hydrogens is 196 g/mol. The molecule has 0 spiro atoms. The average molecular weight is 205 g/mol. The summed E-state index contributed by atoms with van der Waals surface area (Å²) >= 11 is 5.78. The van der Waals surface area contributed by atoms with E-state index in [9.17, 15) is 0 Å². The second-order valence-electron chi connectivity index (χ2n) is 2.89. The first kappa shape index (κ1) is 9.16. The van der Waals surface area contributed by atoms with Gasteiger partial charge >= 0.3 is 0 Å². The molecule has 2 rings (SSSR count). The number of nitrogens with zero attached hydrogens (tertiary/aromatic N) is 2. The predicted octanol–water partition coefficient (Wildman–Crippen LogP) is 2.88. The highest BCUT2D eigenvalue weighted by Crippen LogP contribution is 2.21. The fourth-order valence-electron chi connectivity index (χ4n) is 1.34. The molecule has 0 amide bonds. The minimum absolute atomic E-state index is 0.387. The Morgan fingerprint density at radius 3 is 2.57 bits per heavy atom. The molecule has 3 heteroatoms. The SMILES string of the molecule is ClCc1nnccc1-c1ccccc1. The van der Waals surface area contributed by atoms with Gasteiger partial charge in [0.2, 0.25) is 0 Å². The zero-order chi connectivity index (χ0) is 9.80. The van der Waals surface area contributed by atoms with E-state index < -0.39 is 0 Å². The molecule has 0 aliphatic carbocycles. The average Bonchev–Trinajstić information content (AvgIpc) is 2.30. The van der Waals surface area contributed by atoms with Crippen LogP contribution in [-0.4, -0.2) is 10.2 Å². The zero-order valence-corrected chi connectivity index (χ0v) is 8.28. The largest absolute Gasteiger partial charge is 0.159 e. The summed E-state index contributed by atoms with van der Waals surface area (Å²) in [6, 6.07) is 12.0. The van der Waals surface area contributed by atoms with Gasteiger partial charge in [0.1, 0.15) is 0 Å². The van der Waals surface area contributed by atoms with E-state index >= 15 is 0 Å². The van der Waals surface area contributed by atoms with Gasteiger partial charge < -0.3 is 0 Å². The van der Waals surface area contributed by atoms with Crippen molar-refractivity contribution in [2.75, 3.05) is 0 Å². The lowest BCUT2D eigenvalue weighted by Crippen LogP contribution is -1.92. The lowest BCUT2D eigenvalue weighted by molar-refractivity contribution is 0.972. The van der Waals surface area contributed by atoms with E-state index in [-0.39, 0.29) is 0 Å². The van der Waals surface area contributed by atoms with Crippen molar-refractivity contribution in [1.82, 2.24) is 10.2 Å². The van der Waals surface area contributed by atoms with Gasteiger partial charge in [0.05, 0.1) is 17.8 Å². The van der Waals surface area contributed by atoms with Crippen molar-refractivity contribution in [1.29, 1.82) is 0 Å². The fraction of sp³-hybridized carbons (Fsp3) is 0.0909. The molecule has 70 valence electrons. The lowest BCUT2D eigenvalue weighted by Gasteiger charge is -2.03. The highest BCUT2D eigenvalue weighted by molar-refractivity contribution is 6.17. The summed E-state index contributed by atoms with van der Waals surface area (Å²) < 4.78 is 0. The van der Waals surface area contributed by atoms with Crippen LogP contribution in [0.3, 0.4) is 0 Å². The summed E-state index contributed by atoms with van der Waals surface area (Å²) in [6.45, 7) is 0. The summed E-state index contributed by atoms with van der Waals surface area (Å²) in [4.78, 5) is 0. The zero-order valence-electron chi connectivity index (χ0n) is 7.52. The molecule has 1 aromatic carbocycles. The summed E-state index contributed by atoms with van der Waals surface area (Å²) in [5.74, 6) is 0.387. The van der Waals surface area contributed by atoms with Crippen LogP contribution in [0.5, 0.6) is 0 Å². The normalized spacial score (nSPS) is 10.1. The number of alkyl halides is 1. The number of rotatable bonds is 2. The predicted molar refractivity (Wildman–Crippen MR) is 57.0 cm³/mol. The first-order chi connectivity index (χ1) is 6.92. The van der Waals surface area contributed by atoms with Crippen LogP contribution >= 0.6 is 11.6 Å². The van der Waals surface area contributed by atoms with Crippen molar-refractivity contribution in [2.45, 2.75) is 5.88 Å². The Kier molecular flexibility index (Phi) is 2.75. The van der Waals surface area contributed by atoms with Gasteiger partial charge in [-0.05, 0) is 11.6 Å². The Labute approximate surface area is 87.6 Å². The maximum Gasteiger partial charge on any atom is 0.0856 e. The molecule has 2 nitrogen and oxygen atoms in total. The van der Waals surface area contributed by atoms with E-state index in [1.54, 1.807) is 6.20 Å². The molecule has 0 aliphatic heterocycles. The molecule has 2 aromatic rings. The van der Waals surface area contributed by atoms with Gasteiger partial charge in [-0.15, -0.1) is 11.6 Å². The van der Waals surface area contributed by atoms with Crippen LogP contribution < -0.4 is 0 Å². The van der Waals surface area contributed by atoms with Crippen LogP contribution in [0.1, 0.15) is 5.69 Å². The molecule has 0 aliphatic rings. The van der Waals surface area contributed by atoms with Gasteiger partial charge in [0, 0.05) is 5.56 Å². The van der Waals surface area contributed by atoms with Crippen molar-refractivity contribution < 1.29 is 0 Å². The molecule has 14 heavy (non-hydrogen) atoms. The molecule has 0 saturated heterocycles. The highest BCUT2D eigenvalue weighted by atomic mass is 35.5. The molecule has 0 atom stereocenters. The molecule has 0 radical (unpaired) electrons. The Morgan fingerprint density at radius 2 is 1.86 bits per heavy atom. The van der Waals surface area contributed by atoms with Gasteiger partial charge in [-0.25, -0.2) is 0 Å². The topological polar surface area (TPSA) is 25.8 Å². The van der Waals surface area contributed by atoms with Crippen molar-refractivity contribution >= 4 is 11.6 Å². The van der Waals surface area contributed by atoms with E-state index in [1.807, 2.05) is 36.4 Å². The summed E-state index contributed by atoms with van der Waals surface area (Å²) in [6.07, 6.45) is 1.68. The number of halogens is 1. The van der Waals surface area contributed by atoms with Crippen molar-refractivity contribution in [3.63, 3.8) is 0 Å². The number of hydrogen-bond acceptors (Lipinski definition) is 2. The Balaban J connectivity index is 2.51. The van der Waals surface area contributed by atoms with Crippen LogP contribution in [0.15, 0.2) is 42.6 Å². The second kappa shape index (κ2) is 4.20. The third kappa shape index (κ3) is 1.75. The molecule has 0 unspecified atom stereocenters. The molecule has 1 heterocycles. The number of benzene rings is 1. The maximum atomic E-state index is 5.78. The standard InChI is InChI=1S/C11H9ClN2/c12-8-11-10(6-7-13-14-11)9-4-2-1-3-5-9/h1-7H,8H2. The van der Waals surface area contributed by atoms with Crippen molar-refractivity contribution in [3.8, 4) is 11.1 Å². The lowest BCUT2D eigenvalue weighted by atomic mass is 10.1. The van der Waals surface area contributed by atoms with Gasteiger partial charge in [-0.1, -0.05) is 30.3 Å². The smallest absolute Gasteiger partial charge is 0.0856 e. The van der Waals surface area contributed by atoms with Crippen LogP contribution in [0.25, 0.3) is 11.1 Å². The first-order valence-corrected chi connectivity index (χ1v) is 4.87. The van der Waals surface area contributed by atoms with E-state index in [4.69, 9.17) is 11.6 Å². The quantitative estimate of drug-likeness (QED) is 0.703. The monoisotopic (exact) mass is 204 g/mol. The second-order valence-corrected chi connectivity index (χ2v) is 3.16. The molecule has 0 saturated carbocycles. The maximum absolute atomic E-state index is 5.78. The minimum atomic E-state index is 0.387. The first-order valence-electron chi connectivity index (χ1n) is 4.34. The van der Waals surface area contributed by atoms with E-state index in [0.29, 0.717) is 5.88 Å². The van der Waals surface area contributed by atoms with Crippen LogP contribution in [-0.2, 0) is 5.88 Å². The van der Waals surface area contributed by atoms with Gasteiger partial charge in [-0.3, -0.25) is 0 Å². The van der Waals surface area contributed by atoms with E-state index in [0.717, 1.165) is 16.8 Å². The molecule has 0 N–H and O–H groups in total. The Hall–Kier alpha value is -1.41. The number of aromatic nitrogens is 2. The van der Waals surface area contributed by atoms with Crippen LogP contribution in [0.4, 0.5) is 0 Å². The fourth-order valence-corrected chi connectivity index (χ4v) is 1.54. The molecule has 0 bridgehead atoms. The summed E-state index contributed by atoms with van der Waals surface area (Å²) in [5, 5.41) is 7.80. The van der Waals surface area contributed by atoms with Gasteiger partial charge in [0.25, 0.3) is 0 Å². The third-order valence-corrected chi connectivity index (χ3v) is 2.26.